The van der Waals surface area contributed by atoms with Crippen LogP contribution in [0.2, 0.25) is 0 Å². The lowest BCUT2D eigenvalue weighted by Crippen LogP contribution is -2.14. The second-order valence-electron chi connectivity index (χ2n) is 2.82. The molecule has 2 heteroatoms. The van der Waals surface area contributed by atoms with Gasteiger partial charge in [-0.05, 0) is 25.5 Å². The Morgan fingerprint density at radius 3 is 3.18 bits per heavy atom. The van der Waals surface area contributed by atoms with Crippen molar-refractivity contribution in [2.45, 2.75) is 25.4 Å². The maximum atomic E-state index is 12.6. The second kappa shape index (κ2) is 4.16. The van der Waals surface area contributed by atoms with E-state index in [0.717, 1.165) is 13.0 Å². The highest BCUT2D eigenvalue weighted by Gasteiger charge is 2.11. The van der Waals surface area contributed by atoms with Crippen LogP contribution in [0.15, 0.2) is 24.4 Å². The Balaban J connectivity index is 2.29. The molecular weight excluding hydrogens is 141 g/mol. The Morgan fingerprint density at radius 2 is 2.64 bits per heavy atom. The third kappa shape index (κ3) is 2.74. The third-order valence-electron chi connectivity index (χ3n) is 1.91. The topological polar surface area (TPSA) is 12.0 Å². The van der Waals surface area contributed by atoms with Gasteiger partial charge in [-0.25, -0.2) is 4.39 Å². The number of nitrogens with one attached hydrogen (secondary N) is 1. The van der Waals surface area contributed by atoms with E-state index in [-0.39, 0.29) is 0 Å². The molecular formula is C9H14FN. The fraction of sp³-hybridized carbons (Fsp3) is 0.556. The molecule has 62 valence electrons. The van der Waals surface area contributed by atoms with Crippen molar-refractivity contribution in [3.63, 3.8) is 0 Å². The van der Waals surface area contributed by atoms with Gasteiger partial charge in [0.1, 0.15) is 6.17 Å². The van der Waals surface area contributed by atoms with Gasteiger partial charge in [-0.1, -0.05) is 18.2 Å². The van der Waals surface area contributed by atoms with Gasteiger partial charge >= 0.3 is 0 Å². The van der Waals surface area contributed by atoms with Gasteiger partial charge < -0.3 is 5.32 Å². The average molecular weight is 155 g/mol. The molecule has 1 rings (SSSR count). The number of halogens is 1. The van der Waals surface area contributed by atoms with Crippen molar-refractivity contribution in [3.05, 3.63) is 24.4 Å². The Morgan fingerprint density at radius 1 is 1.82 bits per heavy atom. The summed E-state index contributed by atoms with van der Waals surface area (Å²) in [5.41, 5.74) is 1.30. The van der Waals surface area contributed by atoms with Gasteiger partial charge in [0.25, 0.3) is 0 Å². The molecule has 1 N–H and O–H groups in total. The fourth-order valence-corrected chi connectivity index (χ4v) is 1.22. The molecule has 0 aliphatic heterocycles. The quantitative estimate of drug-likeness (QED) is 0.616. The Kier molecular flexibility index (Phi) is 3.14. The van der Waals surface area contributed by atoms with E-state index >= 15 is 0 Å². The van der Waals surface area contributed by atoms with Crippen LogP contribution in [0.1, 0.15) is 19.3 Å². The van der Waals surface area contributed by atoms with Crippen LogP contribution < -0.4 is 5.32 Å². The minimum Gasteiger partial charge on any atom is -0.388 e. The van der Waals surface area contributed by atoms with Gasteiger partial charge in [0.05, 0.1) is 0 Å². The molecule has 0 aromatic heterocycles. The van der Waals surface area contributed by atoms with Gasteiger partial charge in [-0.15, -0.1) is 0 Å². The molecule has 0 bridgehead atoms. The highest BCUT2D eigenvalue weighted by atomic mass is 19.1. The molecule has 0 aromatic rings. The maximum Gasteiger partial charge on any atom is 0.104 e. The highest BCUT2D eigenvalue weighted by molar-refractivity contribution is 5.09. The molecule has 1 aliphatic carbocycles. The highest BCUT2D eigenvalue weighted by Crippen LogP contribution is 2.19. The van der Waals surface area contributed by atoms with E-state index in [1.54, 1.807) is 6.20 Å². The Labute approximate surface area is 67.0 Å². The van der Waals surface area contributed by atoms with Crippen molar-refractivity contribution >= 4 is 0 Å². The van der Waals surface area contributed by atoms with Gasteiger partial charge in [0, 0.05) is 6.54 Å². The Hall–Kier alpha value is -0.790. The summed E-state index contributed by atoms with van der Waals surface area (Å²) in [4.78, 5) is 0. The third-order valence-corrected chi connectivity index (χ3v) is 1.91. The smallest absolute Gasteiger partial charge is 0.104 e. The maximum absolute atomic E-state index is 12.6. The second-order valence-corrected chi connectivity index (χ2v) is 2.82. The summed E-state index contributed by atoms with van der Waals surface area (Å²) in [5.74, 6) is 0. The molecule has 1 atom stereocenters. The van der Waals surface area contributed by atoms with Crippen LogP contribution in [0.25, 0.3) is 0 Å². The Bertz CT molecular complexity index is 163. The number of rotatable bonds is 3. The molecule has 0 aromatic carbocycles. The summed E-state index contributed by atoms with van der Waals surface area (Å²) in [7, 11) is 0. The van der Waals surface area contributed by atoms with Gasteiger partial charge in [0.2, 0.25) is 0 Å². The lowest BCUT2D eigenvalue weighted by Gasteiger charge is -2.15. The van der Waals surface area contributed by atoms with E-state index in [4.69, 9.17) is 0 Å². The summed E-state index contributed by atoms with van der Waals surface area (Å²) in [6.45, 7) is 4.38. The van der Waals surface area contributed by atoms with Crippen LogP contribution >= 0.6 is 0 Å². The molecule has 0 saturated carbocycles. The molecule has 0 amide bonds. The van der Waals surface area contributed by atoms with Crippen molar-refractivity contribution in [1.82, 2.24) is 5.32 Å². The number of alkyl halides is 1. The van der Waals surface area contributed by atoms with E-state index in [2.05, 4.69) is 11.9 Å². The first-order chi connectivity index (χ1) is 5.33. The molecule has 0 radical (unpaired) electrons. The lowest BCUT2D eigenvalue weighted by molar-refractivity contribution is 0.306. The van der Waals surface area contributed by atoms with Crippen LogP contribution in [0, 0.1) is 0 Å². The zero-order chi connectivity index (χ0) is 8.10. The van der Waals surface area contributed by atoms with Crippen molar-refractivity contribution in [2.24, 2.45) is 0 Å². The van der Waals surface area contributed by atoms with E-state index < -0.39 is 6.17 Å². The van der Waals surface area contributed by atoms with E-state index in [1.165, 1.54) is 5.57 Å². The van der Waals surface area contributed by atoms with Crippen molar-refractivity contribution in [2.75, 3.05) is 6.54 Å². The van der Waals surface area contributed by atoms with E-state index in [0.29, 0.717) is 12.8 Å². The first kappa shape index (κ1) is 8.31. The standard InChI is InChI=1S/C9H14FN/c1-2-11-7-8-3-5-9(10)6-4-8/h2-3,9,11H,1,4-7H2. The fourth-order valence-electron chi connectivity index (χ4n) is 1.22. The van der Waals surface area contributed by atoms with Crippen molar-refractivity contribution in [1.29, 1.82) is 0 Å². The van der Waals surface area contributed by atoms with Crippen LogP contribution in [0.3, 0.4) is 0 Å². The van der Waals surface area contributed by atoms with E-state index in [1.807, 2.05) is 6.08 Å². The number of allylic oxidation sites excluding steroid dienone is 1. The summed E-state index contributed by atoms with van der Waals surface area (Å²) >= 11 is 0. The summed E-state index contributed by atoms with van der Waals surface area (Å²) in [6.07, 6.45) is 5.22. The lowest BCUT2D eigenvalue weighted by atomic mass is 9.98. The van der Waals surface area contributed by atoms with Crippen LogP contribution in [-0.4, -0.2) is 12.7 Å². The molecule has 11 heavy (non-hydrogen) atoms. The van der Waals surface area contributed by atoms with Crippen LogP contribution in [-0.2, 0) is 0 Å². The first-order valence-corrected chi connectivity index (χ1v) is 3.99. The summed E-state index contributed by atoms with van der Waals surface area (Å²) in [6, 6.07) is 0. The summed E-state index contributed by atoms with van der Waals surface area (Å²) in [5, 5.41) is 3.01. The van der Waals surface area contributed by atoms with Crippen LogP contribution in [0.5, 0.6) is 0 Å². The number of hydrogen-bond acceptors (Lipinski definition) is 1. The van der Waals surface area contributed by atoms with E-state index in [9.17, 15) is 4.39 Å². The minimum atomic E-state index is -0.609. The largest absolute Gasteiger partial charge is 0.388 e. The molecule has 0 spiro atoms. The zero-order valence-corrected chi connectivity index (χ0v) is 6.65. The van der Waals surface area contributed by atoms with Crippen molar-refractivity contribution in [3.8, 4) is 0 Å². The minimum absolute atomic E-state index is 0.591. The molecule has 1 aliphatic rings. The number of hydrogen-bond donors (Lipinski definition) is 1. The molecule has 0 fully saturated rings. The normalized spacial score (nSPS) is 24.1. The van der Waals surface area contributed by atoms with Crippen molar-refractivity contribution < 1.29 is 4.39 Å². The summed E-state index contributed by atoms with van der Waals surface area (Å²) < 4.78 is 12.6. The SMILES string of the molecule is C=CNCC1=CCC(F)CC1. The molecule has 1 nitrogen and oxygen atoms in total. The van der Waals surface area contributed by atoms with Gasteiger partial charge in [0.15, 0.2) is 0 Å². The predicted octanol–water partition coefficient (Wildman–Crippen LogP) is 2.17. The first-order valence-electron chi connectivity index (χ1n) is 3.99. The van der Waals surface area contributed by atoms with Gasteiger partial charge in [-0.3, -0.25) is 0 Å². The van der Waals surface area contributed by atoms with Gasteiger partial charge in [-0.2, -0.15) is 0 Å². The predicted molar refractivity (Wildman–Crippen MR) is 45.0 cm³/mol. The zero-order valence-electron chi connectivity index (χ0n) is 6.65. The average Bonchev–Trinajstić information content (AvgIpc) is 2.04. The molecule has 0 heterocycles. The van der Waals surface area contributed by atoms with Crippen LogP contribution in [0.4, 0.5) is 4.39 Å². The molecule has 0 saturated heterocycles. The molecule has 1 unspecified atom stereocenters. The monoisotopic (exact) mass is 155 g/mol.